The molecule has 0 unspecified atom stereocenters. The summed E-state index contributed by atoms with van der Waals surface area (Å²) in [6.07, 6.45) is 4.00. The summed E-state index contributed by atoms with van der Waals surface area (Å²) in [4.78, 5) is 31.5. The Balaban J connectivity index is 0.000000350. The molecule has 4 rings (SSSR count). The van der Waals surface area contributed by atoms with Crippen molar-refractivity contribution in [2.75, 3.05) is 18.5 Å². The number of aliphatic carboxylic acids is 2. The van der Waals surface area contributed by atoms with E-state index in [2.05, 4.69) is 20.8 Å². The SMILES string of the molecule is Cc1nnc(NC(=O)c2ccc(F)c([C@@H]3C[C@H]3NC3CCOCC3)c2)s1.O=C(O)/C=C/C(=O)O. The number of carbonyl (C=O) groups is 3. The summed E-state index contributed by atoms with van der Waals surface area (Å²) in [7, 11) is 0. The monoisotopic (exact) mass is 492 g/mol. The van der Waals surface area contributed by atoms with Crippen LogP contribution in [0.1, 0.15) is 46.1 Å². The third-order valence-electron chi connectivity index (χ3n) is 5.23. The summed E-state index contributed by atoms with van der Waals surface area (Å²) < 4.78 is 19.7. The van der Waals surface area contributed by atoms with Crippen LogP contribution in [0.4, 0.5) is 9.52 Å². The van der Waals surface area contributed by atoms with Gasteiger partial charge in [-0.05, 0) is 49.9 Å². The van der Waals surface area contributed by atoms with Crippen molar-refractivity contribution in [2.45, 2.75) is 44.2 Å². The van der Waals surface area contributed by atoms with Gasteiger partial charge in [-0.25, -0.2) is 14.0 Å². The Morgan fingerprint density at radius 2 is 1.82 bits per heavy atom. The molecule has 1 aromatic carbocycles. The fourth-order valence-corrected chi connectivity index (χ4v) is 4.10. The molecule has 1 aliphatic heterocycles. The number of nitrogens with zero attached hydrogens (tertiary/aromatic N) is 2. The lowest BCUT2D eigenvalue weighted by molar-refractivity contribution is -0.134. The van der Waals surface area contributed by atoms with E-state index >= 15 is 0 Å². The van der Waals surface area contributed by atoms with Gasteiger partial charge in [-0.3, -0.25) is 10.1 Å². The molecular weight excluding hydrogens is 467 g/mol. The number of amides is 1. The molecule has 1 saturated heterocycles. The number of anilines is 1. The van der Waals surface area contributed by atoms with Crippen LogP contribution in [-0.4, -0.2) is 63.6 Å². The summed E-state index contributed by atoms with van der Waals surface area (Å²) in [5.74, 6) is -2.94. The number of ether oxygens (including phenoxy) is 1. The summed E-state index contributed by atoms with van der Waals surface area (Å²) in [5, 5.41) is 30.9. The topological polar surface area (TPSA) is 151 Å². The van der Waals surface area contributed by atoms with Crippen molar-refractivity contribution < 1.29 is 33.7 Å². The number of halogens is 1. The van der Waals surface area contributed by atoms with Crippen LogP contribution in [0.5, 0.6) is 0 Å². The zero-order chi connectivity index (χ0) is 24.7. The molecule has 10 nitrogen and oxygen atoms in total. The second-order valence-corrected chi connectivity index (χ2v) is 9.01. The van der Waals surface area contributed by atoms with Gasteiger partial charge >= 0.3 is 11.9 Å². The molecule has 0 spiro atoms. The minimum absolute atomic E-state index is 0.120. The van der Waals surface area contributed by atoms with Crippen LogP contribution in [0.15, 0.2) is 30.4 Å². The number of rotatable bonds is 7. The molecule has 0 bridgehead atoms. The molecule has 1 aliphatic carbocycles. The number of hydrogen-bond acceptors (Lipinski definition) is 8. The summed E-state index contributed by atoms with van der Waals surface area (Å²) in [5.41, 5.74) is 1.04. The first-order valence-electron chi connectivity index (χ1n) is 10.6. The molecule has 182 valence electrons. The molecule has 2 aliphatic rings. The predicted molar refractivity (Wildman–Crippen MR) is 122 cm³/mol. The van der Waals surface area contributed by atoms with Crippen molar-refractivity contribution in [3.63, 3.8) is 0 Å². The van der Waals surface area contributed by atoms with Crippen molar-refractivity contribution in [1.29, 1.82) is 0 Å². The van der Waals surface area contributed by atoms with E-state index in [9.17, 15) is 18.8 Å². The minimum atomic E-state index is -1.26. The van der Waals surface area contributed by atoms with E-state index in [1.54, 1.807) is 6.07 Å². The molecule has 1 amide bonds. The molecule has 12 heteroatoms. The normalized spacial score (nSPS) is 19.8. The van der Waals surface area contributed by atoms with Crippen molar-refractivity contribution in [2.24, 2.45) is 0 Å². The average molecular weight is 493 g/mol. The second-order valence-electron chi connectivity index (χ2n) is 7.83. The Hall–Kier alpha value is -3.22. The van der Waals surface area contributed by atoms with E-state index in [4.69, 9.17) is 14.9 Å². The van der Waals surface area contributed by atoms with Gasteiger partial charge in [0, 0.05) is 48.9 Å². The van der Waals surface area contributed by atoms with Crippen molar-refractivity contribution in [3.8, 4) is 0 Å². The number of aryl methyl sites for hydroxylation is 1. The lowest BCUT2D eigenvalue weighted by Gasteiger charge is -2.23. The summed E-state index contributed by atoms with van der Waals surface area (Å²) >= 11 is 1.31. The van der Waals surface area contributed by atoms with E-state index in [1.165, 1.54) is 23.5 Å². The Morgan fingerprint density at radius 3 is 2.41 bits per heavy atom. The lowest BCUT2D eigenvalue weighted by atomic mass is 10.0. The molecular formula is C22H25FN4O6S. The molecule has 4 N–H and O–H groups in total. The highest BCUT2D eigenvalue weighted by molar-refractivity contribution is 7.15. The Kier molecular flexibility index (Phi) is 8.79. The molecule has 2 heterocycles. The van der Waals surface area contributed by atoms with E-state index in [0.717, 1.165) is 37.5 Å². The molecule has 2 aromatic rings. The first kappa shape index (κ1) is 25.4. The zero-order valence-corrected chi connectivity index (χ0v) is 19.2. The van der Waals surface area contributed by atoms with Gasteiger partial charge < -0.3 is 20.3 Å². The van der Waals surface area contributed by atoms with Crippen LogP contribution >= 0.6 is 11.3 Å². The first-order valence-corrected chi connectivity index (χ1v) is 11.4. The number of carboxylic acid groups (broad SMARTS) is 2. The molecule has 2 fully saturated rings. The number of carboxylic acids is 2. The van der Waals surface area contributed by atoms with E-state index in [1.807, 2.05) is 6.92 Å². The third kappa shape index (κ3) is 7.68. The smallest absolute Gasteiger partial charge is 0.328 e. The van der Waals surface area contributed by atoms with E-state index < -0.39 is 11.9 Å². The number of carbonyl (C=O) groups excluding carboxylic acids is 1. The van der Waals surface area contributed by atoms with Gasteiger partial charge in [-0.1, -0.05) is 11.3 Å². The molecule has 1 aromatic heterocycles. The van der Waals surface area contributed by atoms with Gasteiger partial charge in [0.05, 0.1) is 0 Å². The average Bonchev–Trinajstić information content (AvgIpc) is 3.43. The molecule has 34 heavy (non-hydrogen) atoms. The van der Waals surface area contributed by atoms with Crippen LogP contribution in [-0.2, 0) is 14.3 Å². The maximum absolute atomic E-state index is 14.3. The molecule has 2 atom stereocenters. The maximum atomic E-state index is 14.3. The van der Waals surface area contributed by atoms with Crippen LogP contribution in [0, 0.1) is 12.7 Å². The van der Waals surface area contributed by atoms with Crippen molar-refractivity contribution >= 4 is 34.3 Å². The quantitative estimate of drug-likeness (QED) is 0.428. The van der Waals surface area contributed by atoms with Crippen LogP contribution in [0.25, 0.3) is 0 Å². The largest absolute Gasteiger partial charge is 0.478 e. The highest BCUT2D eigenvalue weighted by Gasteiger charge is 2.41. The molecule has 0 radical (unpaired) electrons. The first-order chi connectivity index (χ1) is 16.2. The Morgan fingerprint density at radius 1 is 1.15 bits per heavy atom. The van der Waals surface area contributed by atoms with Crippen molar-refractivity contribution in [3.05, 3.63) is 52.3 Å². The van der Waals surface area contributed by atoms with Gasteiger partial charge in [0.2, 0.25) is 5.13 Å². The Labute approximate surface area is 198 Å². The second kappa shape index (κ2) is 11.8. The van der Waals surface area contributed by atoms with Gasteiger partial charge in [-0.2, -0.15) is 0 Å². The summed E-state index contributed by atoms with van der Waals surface area (Å²) in [6.45, 7) is 3.39. The number of nitrogens with one attached hydrogen (secondary N) is 2. The predicted octanol–water partition coefficient (Wildman–Crippen LogP) is 2.57. The fourth-order valence-electron chi connectivity index (χ4n) is 3.52. The number of aromatic nitrogens is 2. The van der Waals surface area contributed by atoms with Crippen LogP contribution in [0.3, 0.4) is 0 Å². The zero-order valence-electron chi connectivity index (χ0n) is 18.4. The van der Waals surface area contributed by atoms with Crippen LogP contribution < -0.4 is 10.6 Å². The van der Waals surface area contributed by atoms with Gasteiger partial charge in [0.15, 0.2) is 0 Å². The maximum Gasteiger partial charge on any atom is 0.328 e. The van der Waals surface area contributed by atoms with Crippen LogP contribution in [0.2, 0.25) is 0 Å². The van der Waals surface area contributed by atoms with Gasteiger partial charge in [-0.15, -0.1) is 10.2 Å². The van der Waals surface area contributed by atoms with Gasteiger partial charge in [0.25, 0.3) is 5.91 Å². The Bertz CT molecular complexity index is 1050. The molecule has 1 saturated carbocycles. The number of hydrogen-bond donors (Lipinski definition) is 4. The van der Waals surface area contributed by atoms with Crippen molar-refractivity contribution in [1.82, 2.24) is 15.5 Å². The highest BCUT2D eigenvalue weighted by atomic mass is 32.1. The fraction of sp³-hybridized carbons (Fsp3) is 0.409. The lowest BCUT2D eigenvalue weighted by Crippen LogP contribution is -2.36. The standard InChI is InChI=1S/C18H21FN4O2S.C4H4O4/c1-10-22-23-18(26-10)21-17(24)11-2-3-15(19)13(8-11)14-9-16(14)20-12-4-6-25-7-5-12;5-3(6)1-2-4(7)8/h2-3,8,12,14,16,20H,4-7,9H2,1H3,(H,21,23,24);1-2H,(H,5,6)(H,7,8)/b;2-1+/t14-,16+;/m0./s1. The van der Waals surface area contributed by atoms with Gasteiger partial charge in [0.1, 0.15) is 10.8 Å². The number of benzene rings is 1. The third-order valence-corrected chi connectivity index (χ3v) is 5.99. The van der Waals surface area contributed by atoms with E-state index in [0.29, 0.717) is 34.5 Å². The van der Waals surface area contributed by atoms with E-state index in [-0.39, 0.29) is 23.7 Å². The summed E-state index contributed by atoms with van der Waals surface area (Å²) in [6, 6.07) is 5.25. The minimum Gasteiger partial charge on any atom is -0.478 e. The highest BCUT2D eigenvalue weighted by Crippen LogP contribution is 2.43.